The Kier molecular flexibility index (Phi) is 6.65. The van der Waals surface area contributed by atoms with Gasteiger partial charge in [-0.3, -0.25) is 9.69 Å². The molecule has 1 rings (SSSR count). The number of carbonyl (C=O) groups is 1. The molecule has 0 aliphatic carbocycles. The van der Waals surface area contributed by atoms with Gasteiger partial charge in [0.1, 0.15) is 0 Å². The van der Waals surface area contributed by atoms with E-state index in [1.807, 2.05) is 14.1 Å². The van der Waals surface area contributed by atoms with Crippen LogP contribution in [0.15, 0.2) is 0 Å². The van der Waals surface area contributed by atoms with E-state index >= 15 is 0 Å². The summed E-state index contributed by atoms with van der Waals surface area (Å²) in [6.45, 7) is 7.15. The third-order valence-electron chi connectivity index (χ3n) is 3.69. The normalized spacial score (nSPS) is 19.8. The molecule has 1 fully saturated rings. The summed E-state index contributed by atoms with van der Waals surface area (Å²) in [5, 5.41) is 3.69. The van der Waals surface area contributed by atoms with E-state index in [-0.39, 0.29) is 5.91 Å². The molecular formula is C14H29N3O. The highest BCUT2D eigenvalue weighted by Gasteiger charge is 2.21. The fraction of sp³-hybridized carbons (Fsp3) is 0.929. The third-order valence-corrected chi connectivity index (χ3v) is 3.69. The van der Waals surface area contributed by atoms with Gasteiger partial charge in [0.25, 0.3) is 0 Å². The van der Waals surface area contributed by atoms with Crippen LogP contribution in [0.3, 0.4) is 0 Å². The Morgan fingerprint density at radius 3 is 2.50 bits per heavy atom. The van der Waals surface area contributed by atoms with Crippen LogP contribution in [0.1, 0.15) is 39.5 Å². The Bertz CT molecular complexity index is 247. The number of hydrogen-bond acceptors (Lipinski definition) is 3. The van der Waals surface area contributed by atoms with Crippen LogP contribution in [0.25, 0.3) is 0 Å². The molecule has 0 aromatic heterocycles. The number of hydrogen-bond donors (Lipinski definition) is 1. The van der Waals surface area contributed by atoms with E-state index in [9.17, 15) is 4.79 Å². The molecule has 4 heteroatoms. The second kappa shape index (κ2) is 7.74. The third kappa shape index (κ3) is 5.36. The predicted octanol–water partition coefficient (Wildman–Crippen LogP) is 1.32. The van der Waals surface area contributed by atoms with Gasteiger partial charge in [0, 0.05) is 39.3 Å². The summed E-state index contributed by atoms with van der Waals surface area (Å²) < 4.78 is 0. The summed E-state index contributed by atoms with van der Waals surface area (Å²) in [6, 6.07) is 1.26. The van der Waals surface area contributed by atoms with Gasteiger partial charge in [-0.2, -0.15) is 0 Å². The van der Waals surface area contributed by atoms with E-state index in [1.54, 1.807) is 4.90 Å². The van der Waals surface area contributed by atoms with Crippen molar-refractivity contribution >= 4 is 5.91 Å². The number of nitrogens with one attached hydrogen (secondary N) is 1. The molecule has 1 amide bonds. The Morgan fingerprint density at radius 1 is 1.39 bits per heavy atom. The van der Waals surface area contributed by atoms with E-state index in [4.69, 9.17) is 0 Å². The van der Waals surface area contributed by atoms with Crippen molar-refractivity contribution in [2.75, 3.05) is 33.7 Å². The minimum atomic E-state index is 0.209. The molecule has 1 saturated heterocycles. The first kappa shape index (κ1) is 15.4. The van der Waals surface area contributed by atoms with E-state index in [0.717, 1.165) is 25.9 Å². The van der Waals surface area contributed by atoms with Crippen molar-refractivity contribution in [3.8, 4) is 0 Å². The van der Waals surface area contributed by atoms with Crippen LogP contribution >= 0.6 is 0 Å². The highest BCUT2D eigenvalue weighted by Crippen LogP contribution is 2.12. The summed E-state index contributed by atoms with van der Waals surface area (Å²) in [6.07, 6.45) is 4.81. The van der Waals surface area contributed by atoms with Gasteiger partial charge >= 0.3 is 0 Å². The van der Waals surface area contributed by atoms with Crippen LogP contribution in [0.4, 0.5) is 0 Å². The summed E-state index contributed by atoms with van der Waals surface area (Å²) in [5.41, 5.74) is 0. The minimum Gasteiger partial charge on any atom is -0.348 e. The summed E-state index contributed by atoms with van der Waals surface area (Å²) in [7, 11) is 3.64. The van der Waals surface area contributed by atoms with Crippen molar-refractivity contribution in [3.63, 3.8) is 0 Å². The Balaban J connectivity index is 2.22. The zero-order valence-electron chi connectivity index (χ0n) is 12.4. The maximum Gasteiger partial charge on any atom is 0.236 e. The fourth-order valence-corrected chi connectivity index (χ4v) is 2.51. The van der Waals surface area contributed by atoms with Crippen molar-refractivity contribution < 1.29 is 4.79 Å². The number of rotatable bonds is 6. The zero-order valence-corrected chi connectivity index (χ0v) is 12.4. The monoisotopic (exact) mass is 255 g/mol. The van der Waals surface area contributed by atoms with Crippen LogP contribution in [0.5, 0.6) is 0 Å². The van der Waals surface area contributed by atoms with Gasteiger partial charge in [0.05, 0.1) is 6.54 Å². The van der Waals surface area contributed by atoms with Crippen LogP contribution in [0.2, 0.25) is 0 Å². The van der Waals surface area contributed by atoms with Gasteiger partial charge in [-0.25, -0.2) is 0 Å². The van der Waals surface area contributed by atoms with Gasteiger partial charge in [0.2, 0.25) is 5.91 Å². The lowest BCUT2D eigenvalue weighted by atomic mass is 10.0. The molecule has 1 unspecified atom stereocenters. The molecule has 1 N–H and O–H groups in total. The fourth-order valence-electron chi connectivity index (χ4n) is 2.51. The van der Waals surface area contributed by atoms with Crippen LogP contribution in [-0.2, 0) is 4.79 Å². The predicted molar refractivity (Wildman–Crippen MR) is 75.7 cm³/mol. The molecule has 1 aliphatic rings. The van der Waals surface area contributed by atoms with Gasteiger partial charge in [-0.05, 0) is 26.2 Å². The number of likely N-dealkylation sites (N-methyl/N-ethyl adjacent to an activating group) is 1. The summed E-state index contributed by atoms with van der Waals surface area (Å²) in [5.74, 6) is 0.209. The summed E-state index contributed by atoms with van der Waals surface area (Å²) >= 11 is 0. The molecule has 0 saturated carbocycles. The largest absolute Gasteiger partial charge is 0.348 e. The highest BCUT2D eigenvalue weighted by atomic mass is 16.2. The number of nitrogens with zero attached hydrogens (tertiary/aromatic N) is 2. The molecule has 1 atom stereocenters. The smallest absolute Gasteiger partial charge is 0.236 e. The van der Waals surface area contributed by atoms with Crippen LogP contribution < -0.4 is 5.32 Å². The van der Waals surface area contributed by atoms with Crippen molar-refractivity contribution in [2.45, 2.75) is 51.6 Å². The zero-order chi connectivity index (χ0) is 13.5. The van der Waals surface area contributed by atoms with Crippen LogP contribution in [-0.4, -0.2) is 61.5 Å². The Labute approximate surface area is 112 Å². The lowest BCUT2D eigenvalue weighted by molar-refractivity contribution is -0.130. The number of amides is 1. The summed E-state index contributed by atoms with van der Waals surface area (Å²) in [4.78, 5) is 15.6. The molecule has 0 aromatic rings. The highest BCUT2D eigenvalue weighted by molar-refractivity contribution is 5.77. The SMILES string of the molecule is CCCC(C)NC1CCN(CC(=O)N(C)C)CC1. The van der Waals surface area contributed by atoms with Crippen LogP contribution in [0, 0.1) is 0 Å². The molecule has 4 nitrogen and oxygen atoms in total. The minimum absolute atomic E-state index is 0.209. The lowest BCUT2D eigenvalue weighted by Crippen LogP contribution is -2.47. The number of piperidine rings is 1. The van der Waals surface area contributed by atoms with Crippen molar-refractivity contribution in [1.82, 2.24) is 15.1 Å². The first-order valence-electron chi connectivity index (χ1n) is 7.21. The molecular weight excluding hydrogens is 226 g/mol. The molecule has 1 aliphatic heterocycles. The molecule has 0 spiro atoms. The second-order valence-electron chi connectivity index (χ2n) is 5.69. The first-order chi connectivity index (χ1) is 8.52. The second-order valence-corrected chi connectivity index (χ2v) is 5.69. The lowest BCUT2D eigenvalue weighted by Gasteiger charge is -2.34. The average molecular weight is 255 g/mol. The molecule has 0 aromatic carbocycles. The van der Waals surface area contributed by atoms with E-state index in [1.165, 1.54) is 12.8 Å². The van der Waals surface area contributed by atoms with Crippen molar-refractivity contribution in [1.29, 1.82) is 0 Å². The van der Waals surface area contributed by atoms with Gasteiger partial charge in [0.15, 0.2) is 0 Å². The standard InChI is InChI=1S/C14H29N3O/c1-5-6-12(2)15-13-7-9-17(10-8-13)11-14(18)16(3)4/h12-13,15H,5-11H2,1-4H3. The van der Waals surface area contributed by atoms with E-state index in [2.05, 4.69) is 24.1 Å². The topological polar surface area (TPSA) is 35.6 Å². The molecule has 1 heterocycles. The van der Waals surface area contributed by atoms with Gasteiger partial charge in [-0.1, -0.05) is 13.3 Å². The van der Waals surface area contributed by atoms with Crippen molar-refractivity contribution in [2.24, 2.45) is 0 Å². The van der Waals surface area contributed by atoms with Gasteiger partial charge in [-0.15, -0.1) is 0 Å². The van der Waals surface area contributed by atoms with Crippen molar-refractivity contribution in [3.05, 3.63) is 0 Å². The number of carbonyl (C=O) groups excluding carboxylic acids is 1. The molecule has 0 radical (unpaired) electrons. The maximum atomic E-state index is 11.6. The number of likely N-dealkylation sites (tertiary alicyclic amines) is 1. The van der Waals surface area contributed by atoms with E-state index < -0.39 is 0 Å². The van der Waals surface area contributed by atoms with Gasteiger partial charge < -0.3 is 10.2 Å². The first-order valence-corrected chi connectivity index (χ1v) is 7.21. The Hall–Kier alpha value is -0.610. The Morgan fingerprint density at radius 2 is 2.00 bits per heavy atom. The molecule has 0 bridgehead atoms. The quantitative estimate of drug-likeness (QED) is 0.777. The van der Waals surface area contributed by atoms with E-state index in [0.29, 0.717) is 18.6 Å². The molecule has 106 valence electrons. The average Bonchev–Trinajstić information content (AvgIpc) is 2.31. The molecule has 18 heavy (non-hydrogen) atoms. The maximum absolute atomic E-state index is 11.6.